The molecule has 1 rings (SSSR count). The van der Waals surface area contributed by atoms with Crippen LogP contribution < -0.4 is 11.1 Å². The lowest BCUT2D eigenvalue weighted by Gasteiger charge is -2.06. The van der Waals surface area contributed by atoms with Crippen molar-refractivity contribution in [3.8, 4) is 0 Å². The average Bonchev–Trinajstić information content (AvgIpc) is 2.44. The van der Waals surface area contributed by atoms with Gasteiger partial charge in [-0.05, 0) is 18.2 Å². The molecule has 0 unspecified atom stereocenters. The molecule has 3 N–H and O–H groups in total. The molecule has 0 aliphatic rings. The van der Waals surface area contributed by atoms with E-state index in [4.69, 9.17) is 22.1 Å². The van der Waals surface area contributed by atoms with Crippen LogP contribution in [0, 0.1) is 0 Å². The Balaban J connectivity index is 2.44. The molecule has 0 heterocycles. The molecule has 0 saturated heterocycles. The molecule has 108 valence electrons. The Morgan fingerprint density at radius 3 is 2.65 bits per heavy atom. The zero-order valence-corrected chi connectivity index (χ0v) is 11.4. The maximum absolute atomic E-state index is 11.6. The van der Waals surface area contributed by atoms with Crippen LogP contribution >= 0.6 is 11.6 Å². The number of nitrogen functional groups attached to an aromatic ring is 1. The Morgan fingerprint density at radius 1 is 1.35 bits per heavy atom. The number of nitrogens with two attached hydrogens (primary N) is 1. The van der Waals surface area contributed by atoms with Crippen LogP contribution in [0.3, 0.4) is 0 Å². The van der Waals surface area contributed by atoms with Crippen LogP contribution in [0.1, 0.15) is 10.4 Å². The third-order valence-corrected chi connectivity index (χ3v) is 2.57. The zero-order valence-electron chi connectivity index (χ0n) is 10.6. The second kappa shape index (κ2) is 7.34. The van der Waals surface area contributed by atoms with Crippen molar-refractivity contribution in [3.63, 3.8) is 0 Å². The molecule has 0 aromatic heterocycles. The number of amides is 1. The van der Waals surface area contributed by atoms with E-state index in [2.05, 4.69) is 10.1 Å². The molecule has 7 nitrogen and oxygen atoms in total. The predicted octanol–water partition coefficient (Wildman–Crippen LogP) is 0.368. The van der Waals surface area contributed by atoms with Crippen LogP contribution in [0.25, 0.3) is 0 Å². The van der Waals surface area contributed by atoms with Crippen LogP contribution in [-0.4, -0.2) is 38.1 Å². The van der Waals surface area contributed by atoms with Gasteiger partial charge in [0, 0.05) is 0 Å². The third-order valence-electron chi connectivity index (χ3n) is 2.22. The topological polar surface area (TPSA) is 108 Å². The number of anilines is 1. The zero-order chi connectivity index (χ0) is 15.1. The van der Waals surface area contributed by atoms with Gasteiger partial charge in [0.2, 0.25) is 0 Å². The van der Waals surface area contributed by atoms with Gasteiger partial charge in [0.25, 0.3) is 5.91 Å². The van der Waals surface area contributed by atoms with E-state index >= 15 is 0 Å². The Hall–Kier alpha value is -2.28. The van der Waals surface area contributed by atoms with E-state index in [1.165, 1.54) is 25.3 Å². The van der Waals surface area contributed by atoms with Crippen LogP contribution in [0.4, 0.5) is 5.69 Å². The quantitative estimate of drug-likeness (QED) is 0.601. The van der Waals surface area contributed by atoms with Crippen molar-refractivity contribution >= 4 is 35.1 Å². The maximum atomic E-state index is 11.6. The molecule has 0 bridgehead atoms. The Morgan fingerprint density at radius 2 is 2.05 bits per heavy atom. The van der Waals surface area contributed by atoms with Gasteiger partial charge in [-0.15, -0.1) is 0 Å². The molecule has 0 spiro atoms. The van der Waals surface area contributed by atoms with Crippen LogP contribution in [-0.2, 0) is 19.1 Å². The molecule has 1 aromatic rings. The van der Waals surface area contributed by atoms with Crippen molar-refractivity contribution in [2.45, 2.75) is 0 Å². The number of benzene rings is 1. The van der Waals surface area contributed by atoms with Crippen molar-refractivity contribution in [2.24, 2.45) is 0 Å². The fraction of sp³-hybridized carbons (Fsp3) is 0.250. The summed E-state index contributed by atoms with van der Waals surface area (Å²) in [7, 11) is 1.19. The van der Waals surface area contributed by atoms with Gasteiger partial charge in [0.15, 0.2) is 6.61 Å². The number of rotatable bonds is 5. The van der Waals surface area contributed by atoms with Gasteiger partial charge in [0.05, 0.1) is 23.4 Å². The van der Waals surface area contributed by atoms with Crippen molar-refractivity contribution < 1.29 is 23.9 Å². The van der Waals surface area contributed by atoms with Crippen molar-refractivity contribution in [2.75, 3.05) is 26.0 Å². The minimum Gasteiger partial charge on any atom is -0.468 e. The molecule has 8 heteroatoms. The number of carbonyl (C=O) groups excluding carboxylic acids is 3. The largest absolute Gasteiger partial charge is 0.468 e. The van der Waals surface area contributed by atoms with E-state index in [9.17, 15) is 14.4 Å². The Kier molecular flexibility index (Phi) is 5.79. The second-order valence-corrected chi connectivity index (χ2v) is 4.07. The second-order valence-electron chi connectivity index (χ2n) is 3.67. The summed E-state index contributed by atoms with van der Waals surface area (Å²) in [6.45, 7) is -0.806. The summed E-state index contributed by atoms with van der Waals surface area (Å²) in [6.07, 6.45) is 0. The van der Waals surface area contributed by atoms with E-state index in [1.54, 1.807) is 0 Å². The van der Waals surface area contributed by atoms with Crippen molar-refractivity contribution in [1.82, 2.24) is 5.32 Å². The number of nitrogens with one attached hydrogen (secondary N) is 1. The number of halogens is 1. The lowest BCUT2D eigenvalue weighted by atomic mass is 10.2. The van der Waals surface area contributed by atoms with E-state index < -0.39 is 24.5 Å². The highest BCUT2D eigenvalue weighted by Crippen LogP contribution is 2.19. The first kappa shape index (κ1) is 15.8. The first-order valence-corrected chi connectivity index (χ1v) is 5.87. The summed E-state index contributed by atoms with van der Waals surface area (Å²) >= 11 is 5.71. The van der Waals surface area contributed by atoms with E-state index in [0.29, 0.717) is 5.02 Å². The Bertz CT molecular complexity index is 533. The number of esters is 2. The van der Waals surface area contributed by atoms with Gasteiger partial charge in [0.1, 0.15) is 6.54 Å². The number of ether oxygens (including phenoxy) is 2. The smallest absolute Gasteiger partial charge is 0.338 e. The standard InChI is InChI=1S/C12H13ClN2O5/c1-19-11(17)5-15-10(16)6-20-12(18)7-2-3-8(13)9(14)4-7/h2-4H,5-6,14H2,1H3,(H,15,16). The van der Waals surface area contributed by atoms with Crippen molar-refractivity contribution in [1.29, 1.82) is 0 Å². The summed E-state index contributed by atoms with van der Waals surface area (Å²) in [6, 6.07) is 4.22. The van der Waals surface area contributed by atoms with Crippen molar-refractivity contribution in [3.05, 3.63) is 28.8 Å². The molecule has 0 aliphatic heterocycles. The highest BCUT2D eigenvalue weighted by atomic mass is 35.5. The highest BCUT2D eigenvalue weighted by Gasteiger charge is 2.12. The SMILES string of the molecule is COC(=O)CNC(=O)COC(=O)c1ccc(Cl)c(N)c1. The molecular formula is C12H13ClN2O5. The lowest BCUT2D eigenvalue weighted by Crippen LogP contribution is -2.33. The highest BCUT2D eigenvalue weighted by molar-refractivity contribution is 6.33. The van der Waals surface area contributed by atoms with Crippen LogP contribution in [0.15, 0.2) is 18.2 Å². The fourth-order valence-electron chi connectivity index (χ4n) is 1.18. The lowest BCUT2D eigenvalue weighted by molar-refractivity contribution is -0.141. The van der Waals surface area contributed by atoms with E-state index in [1.807, 2.05) is 0 Å². The van der Waals surface area contributed by atoms with Crippen LogP contribution in [0.5, 0.6) is 0 Å². The summed E-state index contributed by atoms with van der Waals surface area (Å²) in [5.41, 5.74) is 5.95. The van der Waals surface area contributed by atoms with Gasteiger partial charge in [-0.25, -0.2) is 4.79 Å². The number of methoxy groups -OCH3 is 1. The van der Waals surface area contributed by atoms with Gasteiger partial charge in [-0.1, -0.05) is 11.6 Å². The van der Waals surface area contributed by atoms with Crippen LogP contribution in [0.2, 0.25) is 5.02 Å². The molecule has 0 atom stereocenters. The molecule has 0 fully saturated rings. The monoisotopic (exact) mass is 300 g/mol. The fourth-order valence-corrected chi connectivity index (χ4v) is 1.30. The summed E-state index contributed by atoms with van der Waals surface area (Å²) in [5.74, 6) is -1.94. The third kappa shape index (κ3) is 4.77. The summed E-state index contributed by atoms with van der Waals surface area (Å²) < 4.78 is 9.08. The first-order valence-electron chi connectivity index (χ1n) is 5.49. The predicted molar refractivity (Wildman–Crippen MR) is 71.2 cm³/mol. The first-order chi connectivity index (χ1) is 9.43. The molecule has 0 aliphatic carbocycles. The van der Waals surface area contributed by atoms with Gasteiger partial charge in [-0.3, -0.25) is 9.59 Å². The van der Waals surface area contributed by atoms with E-state index in [0.717, 1.165) is 0 Å². The average molecular weight is 301 g/mol. The summed E-state index contributed by atoms with van der Waals surface area (Å²) in [4.78, 5) is 33.7. The maximum Gasteiger partial charge on any atom is 0.338 e. The number of hydrogen-bond donors (Lipinski definition) is 2. The van der Waals surface area contributed by atoms with Gasteiger partial charge in [-0.2, -0.15) is 0 Å². The Labute approximate surface area is 120 Å². The minimum absolute atomic E-state index is 0.174. The number of hydrogen-bond acceptors (Lipinski definition) is 6. The molecule has 0 saturated carbocycles. The normalized spacial score (nSPS) is 9.70. The molecule has 1 amide bonds. The minimum atomic E-state index is -0.721. The van der Waals surface area contributed by atoms with E-state index in [-0.39, 0.29) is 17.8 Å². The van der Waals surface area contributed by atoms with Gasteiger partial charge < -0.3 is 20.5 Å². The molecular weight excluding hydrogens is 288 g/mol. The molecule has 0 radical (unpaired) electrons. The summed E-state index contributed by atoms with van der Waals surface area (Å²) in [5, 5.41) is 2.54. The molecule has 20 heavy (non-hydrogen) atoms. The van der Waals surface area contributed by atoms with Gasteiger partial charge >= 0.3 is 11.9 Å². The molecule has 1 aromatic carbocycles. The number of carbonyl (C=O) groups is 3.